The second-order valence-corrected chi connectivity index (χ2v) is 3.57. The first kappa shape index (κ1) is 7.32. The smallest absolute Gasteiger partial charge is 0.0593 e. The van der Waals surface area contributed by atoms with E-state index in [1.54, 1.807) is 0 Å². The van der Waals surface area contributed by atoms with Gasteiger partial charge in [-0.1, -0.05) is 0 Å². The molecule has 0 bridgehead atoms. The van der Waals surface area contributed by atoms with Crippen LogP contribution in [0.2, 0.25) is 0 Å². The molecule has 0 saturated carbocycles. The summed E-state index contributed by atoms with van der Waals surface area (Å²) in [5.41, 5.74) is 1.20. The molecule has 56 valence electrons. The van der Waals surface area contributed by atoms with E-state index in [4.69, 9.17) is 0 Å². The molecule has 2 heteroatoms. The van der Waals surface area contributed by atoms with Crippen LogP contribution in [-0.4, -0.2) is 9.78 Å². The number of nitrogens with zero attached hydrogens (tertiary/aromatic N) is 2. The highest BCUT2D eigenvalue weighted by Crippen LogP contribution is 2.11. The van der Waals surface area contributed by atoms with Gasteiger partial charge in [0.15, 0.2) is 0 Å². The summed E-state index contributed by atoms with van der Waals surface area (Å²) < 4.78 is 1.97. The monoisotopic (exact) mass is 138 g/mol. The summed E-state index contributed by atoms with van der Waals surface area (Å²) in [6, 6.07) is 2.02. The van der Waals surface area contributed by atoms with Gasteiger partial charge in [0.05, 0.1) is 11.2 Å². The number of aryl methyl sites for hydroxylation is 1. The molecule has 1 aromatic rings. The third kappa shape index (κ3) is 1.38. The highest BCUT2D eigenvalue weighted by atomic mass is 15.3. The molecule has 1 aromatic heterocycles. The van der Waals surface area contributed by atoms with Crippen molar-refractivity contribution in [3.8, 4) is 0 Å². The van der Waals surface area contributed by atoms with Crippen LogP contribution in [0.15, 0.2) is 12.3 Å². The highest BCUT2D eigenvalue weighted by molar-refractivity contribution is 4.96. The van der Waals surface area contributed by atoms with Gasteiger partial charge in [-0.15, -0.1) is 0 Å². The maximum atomic E-state index is 4.30. The van der Waals surface area contributed by atoms with Gasteiger partial charge < -0.3 is 0 Å². The van der Waals surface area contributed by atoms with Crippen LogP contribution in [0.3, 0.4) is 0 Å². The standard InChI is InChI=1S/C8H14N2/c1-7-5-6-10(9-7)8(2,3)4/h5-6H,1-4H3. The van der Waals surface area contributed by atoms with E-state index in [0.717, 1.165) is 5.69 Å². The zero-order chi connectivity index (χ0) is 7.78. The van der Waals surface area contributed by atoms with Gasteiger partial charge in [0.1, 0.15) is 0 Å². The van der Waals surface area contributed by atoms with Crippen LogP contribution in [0.4, 0.5) is 0 Å². The summed E-state index contributed by atoms with van der Waals surface area (Å²) in [4.78, 5) is 0. The van der Waals surface area contributed by atoms with Crippen LogP contribution in [-0.2, 0) is 5.54 Å². The molecular weight excluding hydrogens is 124 g/mol. The SMILES string of the molecule is Cc1ccn(C(C)(C)C)n1. The van der Waals surface area contributed by atoms with E-state index >= 15 is 0 Å². The van der Waals surface area contributed by atoms with Crippen molar-refractivity contribution in [3.63, 3.8) is 0 Å². The van der Waals surface area contributed by atoms with Crippen molar-refractivity contribution in [3.05, 3.63) is 18.0 Å². The van der Waals surface area contributed by atoms with Gasteiger partial charge in [-0.2, -0.15) is 5.10 Å². The predicted octanol–water partition coefficient (Wildman–Crippen LogP) is 1.95. The average molecular weight is 138 g/mol. The van der Waals surface area contributed by atoms with E-state index in [-0.39, 0.29) is 5.54 Å². The molecule has 1 rings (SSSR count). The Hall–Kier alpha value is -0.790. The lowest BCUT2D eigenvalue weighted by molar-refractivity contribution is 0.354. The van der Waals surface area contributed by atoms with E-state index in [1.807, 2.05) is 23.9 Å². The predicted molar refractivity (Wildman–Crippen MR) is 42.0 cm³/mol. The third-order valence-corrected chi connectivity index (χ3v) is 1.41. The van der Waals surface area contributed by atoms with Crippen LogP contribution in [0.5, 0.6) is 0 Å². The van der Waals surface area contributed by atoms with E-state index < -0.39 is 0 Å². The number of aromatic nitrogens is 2. The molecule has 0 saturated heterocycles. The Balaban J connectivity index is 2.96. The van der Waals surface area contributed by atoms with Crippen LogP contribution in [0.25, 0.3) is 0 Å². The quantitative estimate of drug-likeness (QED) is 0.535. The molecular formula is C8H14N2. The Morgan fingerprint density at radius 3 is 2.20 bits per heavy atom. The highest BCUT2D eigenvalue weighted by Gasteiger charge is 2.12. The first-order valence-electron chi connectivity index (χ1n) is 3.53. The molecule has 0 amide bonds. The topological polar surface area (TPSA) is 17.8 Å². The molecule has 0 aliphatic rings. The third-order valence-electron chi connectivity index (χ3n) is 1.41. The fraction of sp³-hybridized carbons (Fsp3) is 0.625. The van der Waals surface area contributed by atoms with Crippen LogP contribution >= 0.6 is 0 Å². The molecule has 0 aliphatic carbocycles. The Bertz CT molecular complexity index is 217. The summed E-state index contributed by atoms with van der Waals surface area (Å²) in [7, 11) is 0. The van der Waals surface area contributed by atoms with E-state index in [1.165, 1.54) is 0 Å². The van der Waals surface area contributed by atoms with Crippen LogP contribution in [0, 0.1) is 6.92 Å². The molecule has 2 nitrogen and oxygen atoms in total. The summed E-state index contributed by atoms with van der Waals surface area (Å²) in [5.74, 6) is 0. The molecule has 0 radical (unpaired) electrons. The second-order valence-electron chi connectivity index (χ2n) is 3.57. The molecule has 0 N–H and O–H groups in total. The van der Waals surface area contributed by atoms with Crippen molar-refractivity contribution in [2.24, 2.45) is 0 Å². The minimum Gasteiger partial charge on any atom is -0.267 e. The van der Waals surface area contributed by atoms with Gasteiger partial charge >= 0.3 is 0 Å². The van der Waals surface area contributed by atoms with E-state index in [0.29, 0.717) is 0 Å². The molecule has 0 aromatic carbocycles. The maximum Gasteiger partial charge on any atom is 0.0593 e. The Morgan fingerprint density at radius 2 is 2.00 bits per heavy atom. The zero-order valence-corrected chi connectivity index (χ0v) is 7.05. The minimum absolute atomic E-state index is 0.119. The van der Waals surface area contributed by atoms with Gasteiger partial charge in [0.25, 0.3) is 0 Å². The molecule has 0 fully saturated rings. The largest absolute Gasteiger partial charge is 0.267 e. The maximum absolute atomic E-state index is 4.30. The van der Waals surface area contributed by atoms with Crippen LogP contribution < -0.4 is 0 Å². The molecule has 0 spiro atoms. The van der Waals surface area contributed by atoms with Crippen molar-refractivity contribution >= 4 is 0 Å². The number of hydrogen-bond donors (Lipinski definition) is 0. The zero-order valence-electron chi connectivity index (χ0n) is 7.05. The second kappa shape index (κ2) is 2.11. The molecule has 0 aliphatic heterocycles. The van der Waals surface area contributed by atoms with E-state index in [9.17, 15) is 0 Å². The Labute approximate surface area is 61.9 Å². The van der Waals surface area contributed by atoms with Gasteiger partial charge in [0, 0.05) is 6.20 Å². The van der Waals surface area contributed by atoms with Crippen molar-refractivity contribution in [2.75, 3.05) is 0 Å². The normalized spacial score (nSPS) is 12.0. The van der Waals surface area contributed by atoms with Gasteiger partial charge in [0.2, 0.25) is 0 Å². The summed E-state index contributed by atoms with van der Waals surface area (Å²) >= 11 is 0. The van der Waals surface area contributed by atoms with Crippen molar-refractivity contribution in [1.29, 1.82) is 0 Å². The molecule has 0 unspecified atom stereocenters. The number of hydrogen-bond acceptors (Lipinski definition) is 1. The Kier molecular flexibility index (Phi) is 1.55. The molecule has 1 heterocycles. The minimum atomic E-state index is 0.119. The van der Waals surface area contributed by atoms with E-state index in [2.05, 4.69) is 25.9 Å². The van der Waals surface area contributed by atoms with Crippen molar-refractivity contribution < 1.29 is 0 Å². The Morgan fingerprint density at radius 1 is 1.40 bits per heavy atom. The van der Waals surface area contributed by atoms with Crippen molar-refractivity contribution in [2.45, 2.75) is 33.2 Å². The van der Waals surface area contributed by atoms with Crippen molar-refractivity contribution in [1.82, 2.24) is 9.78 Å². The first-order valence-corrected chi connectivity index (χ1v) is 3.53. The average Bonchev–Trinajstić information content (AvgIpc) is 2.11. The van der Waals surface area contributed by atoms with Gasteiger partial charge in [-0.25, -0.2) is 0 Å². The lowest BCUT2D eigenvalue weighted by atomic mass is 10.1. The van der Waals surface area contributed by atoms with Crippen LogP contribution in [0.1, 0.15) is 26.5 Å². The molecule has 0 atom stereocenters. The lowest BCUT2D eigenvalue weighted by Crippen LogP contribution is -2.22. The van der Waals surface area contributed by atoms with Gasteiger partial charge in [-0.3, -0.25) is 4.68 Å². The first-order chi connectivity index (χ1) is 4.50. The number of rotatable bonds is 0. The fourth-order valence-corrected chi connectivity index (χ4v) is 0.789. The van der Waals surface area contributed by atoms with Gasteiger partial charge in [-0.05, 0) is 33.8 Å². The summed E-state index contributed by atoms with van der Waals surface area (Å²) in [6.07, 6.45) is 2.01. The summed E-state index contributed by atoms with van der Waals surface area (Å²) in [5, 5.41) is 4.30. The molecule has 10 heavy (non-hydrogen) atoms. The summed E-state index contributed by atoms with van der Waals surface area (Å²) in [6.45, 7) is 8.42. The fourth-order valence-electron chi connectivity index (χ4n) is 0.789. The lowest BCUT2D eigenvalue weighted by Gasteiger charge is -2.18.